The highest BCUT2D eigenvalue weighted by Crippen LogP contribution is 2.16. The number of amides is 5. The number of carbonyl (C=O) groups is 5. The standard InChI is InChI=1S/C44H51N9O5/c45-42(46)34-8-4-7-33(9-15-34)27-47-43(57)37-25-31-10-16-35(17-11-31)48-40(55)28-52-21-23-53(24-22-52)29-41(56)49-36-18-12-32(13-19-36)26-38(44(58)51-37)50-39(54)20-14-30-5-2-1-3-6-30/h1-6,8-13,15-19,37-38H,7,14,20-29H2,(H3,45,46)(H,47,57)(H,48,55)(H,49,56)(H,50,54)(H,51,58). The number of nitrogens with one attached hydrogen (secondary N) is 6. The number of anilines is 2. The molecule has 0 radical (unpaired) electrons. The van der Waals surface area contributed by atoms with Gasteiger partial charge in [0.25, 0.3) is 0 Å². The van der Waals surface area contributed by atoms with Crippen LogP contribution in [0.1, 0.15) is 29.5 Å². The Morgan fingerprint density at radius 3 is 1.95 bits per heavy atom. The van der Waals surface area contributed by atoms with Crippen molar-refractivity contribution in [3.8, 4) is 0 Å². The summed E-state index contributed by atoms with van der Waals surface area (Å²) >= 11 is 0. The van der Waals surface area contributed by atoms with Gasteiger partial charge in [-0.3, -0.25) is 39.2 Å². The zero-order valence-corrected chi connectivity index (χ0v) is 32.5. The molecule has 6 bridgehead atoms. The summed E-state index contributed by atoms with van der Waals surface area (Å²) in [6.07, 6.45) is 8.63. The first-order valence-corrected chi connectivity index (χ1v) is 19.6. The van der Waals surface area contributed by atoms with Crippen LogP contribution in [0, 0.1) is 5.41 Å². The smallest absolute Gasteiger partial charge is 0.243 e. The van der Waals surface area contributed by atoms with E-state index < -0.39 is 23.9 Å². The van der Waals surface area contributed by atoms with E-state index >= 15 is 0 Å². The van der Waals surface area contributed by atoms with E-state index in [2.05, 4.69) is 36.4 Å². The number of nitrogens with zero attached hydrogens (tertiary/aromatic N) is 2. The molecule has 8 N–H and O–H groups in total. The molecule has 6 heterocycles. The van der Waals surface area contributed by atoms with E-state index in [-0.39, 0.29) is 62.5 Å². The minimum Gasteiger partial charge on any atom is -0.384 e. The first-order chi connectivity index (χ1) is 28.1. The summed E-state index contributed by atoms with van der Waals surface area (Å²) in [4.78, 5) is 71.6. The van der Waals surface area contributed by atoms with Crippen LogP contribution >= 0.6 is 0 Å². The summed E-state index contributed by atoms with van der Waals surface area (Å²) in [5, 5.41) is 22.4. The lowest BCUT2D eigenvalue weighted by atomic mass is 10.0. The Bertz CT molecular complexity index is 2050. The maximum Gasteiger partial charge on any atom is 0.243 e. The highest BCUT2D eigenvalue weighted by molar-refractivity contribution is 5.97. The Kier molecular flexibility index (Phi) is 14.3. The van der Waals surface area contributed by atoms with Crippen LogP contribution < -0.4 is 32.3 Å². The molecule has 6 aliphatic heterocycles. The van der Waals surface area contributed by atoms with Crippen molar-refractivity contribution in [3.63, 3.8) is 0 Å². The molecule has 0 aromatic heterocycles. The second kappa shape index (κ2) is 20.2. The van der Waals surface area contributed by atoms with Crippen LogP contribution in [0.4, 0.5) is 11.4 Å². The summed E-state index contributed by atoms with van der Waals surface area (Å²) < 4.78 is 0. The molecule has 2 atom stereocenters. The van der Waals surface area contributed by atoms with Gasteiger partial charge in [-0.05, 0) is 59.4 Å². The number of allylic oxidation sites excluding steroid dienone is 3. The summed E-state index contributed by atoms with van der Waals surface area (Å²) in [5.41, 5.74) is 10.8. The van der Waals surface area contributed by atoms with Gasteiger partial charge in [0.1, 0.15) is 17.9 Å². The number of hydrogen-bond acceptors (Lipinski definition) is 8. The zero-order valence-electron chi connectivity index (χ0n) is 32.5. The van der Waals surface area contributed by atoms with Gasteiger partial charge in [-0.15, -0.1) is 0 Å². The fourth-order valence-electron chi connectivity index (χ4n) is 7.00. The number of rotatable bonds is 8. The lowest BCUT2D eigenvalue weighted by molar-refractivity contribution is -0.132. The Balaban J connectivity index is 1.24. The highest BCUT2D eigenvalue weighted by Gasteiger charge is 2.28. The molecule has 0 spiro atoms. The minimum atomic E-state index is -1.02. The number of nitrogens with two attached hydrogens (primary N) is 1. The van der Waals surface area contributed by atoms with E-state index in [1.807, 2.05) is 42.5 Å². The first-order valence-electron chi connectivity index (χ1n) is 19.6. The molecule has 0 saturated carbocycles. The van der Waals surface area contributed by atoms with Crippen molar-refractivity contribution in [3.05, 3.63) is 131 Å². The van der Waals surface area contributed by atoms with Crippen LogP contribution in [0.25, 0.3) is 0 Å². The number of carbonyl (C=O) groups excluding carboxylic acids is 5. The summed E-state index contributed by atoms with van der Waals surface area (Å²) in [6, 6.07) is 21.8. The van der Waals surface area contributed by atoms with Crippen molar-refractivity contribution in [1.29, 1.82) is 5.41 Å². The predicted octanol–water partition coefficient (Wildman–Crippen LogP) is 2.45. The van der Waals surface area contributed by atoms with Crippen LogP contribution in [0.15, 0.2) is 114 Å². The van der Waals surface area contributed by atoms with Gasteiger partial charge in [0.15, 0.2) is 0 Å². The molecule has 14 nitrogen and oxygen atoms in total. The van der Waals surface area contributed by atoms with Crippen LogP contribution in [-0.2, 0) is 43.2 Å². The molecule has 1 aliphatic carbocycles. The number of benzene rings is 3. The van der Waals surface area contributed by atoms with Crippen molar-refractivity contribution in [2.24, 2.45) is 5.73 Å². The third kappa shape index (κ3) is 12.6. The molecule has 2 unspecified atom stereocenters. The van der Waals surface area contributed by atoms with Gasteiger partial charge in [0.05, 0.1) is 13.1 Å². The second-order valence-electron chi connectivity index (χ2n) is 14.8. The SMILES string of the molecule is N=C(N)C1=CC=C(CNC(=O)C2Cc3ccc(cc3)NC(=O)CN3CCN(CC3)CC(=O)Nc3ccc(cc3)CC(NC(=O)CCc3ccccc3)C(=O)N2)CC=C1. The first kappa shape index (κ1) is 41.3. The van der Waals surface area contributed by atoms with E-state index in [0.717, 1.165) is 22.3 Å². The molecular formula is C44H51N9O5. The molecule has 3 aromatic rings. The van der Waals surface area contributed by atoms with Crippen LogP contribution in [-0.4, -0.2) is 103 Å². The van der Waals surface area contributed by atoms with Gasteiger partial charge in [-0.2, -0.15) is 0 Å². The summed E-state index contributed by atoms with van der Waals surface area (Å²) in [6.45, 7) is 3.22. The third-order valence-electron chi connectivity index (χ3n) is 10.3. The molecule has 14 heteroatoms. The van der Waals surface area contributed by atoms with Crippen molar-refractivity contribution in [1.82, 2.24) is 25.8 Å². The monoisotopic (exact) mass is 785 g/mol. The van der Waals surface area contributed by atoms with Gasteiger partial charge in [-0.1, -0.05) is 78.9 Å². The number of hydrogen-bond donors (Lipinski definition) is 7. The second-order valence-corrected chi connectivity index (χ2v) is 14.8. The van der Waals surface area contributed by atoms with Crippen LogP contribution in [0.3, 0.4) is 0 Å². The molecular weight excluding hydrogens is 735 g/mol. The molecule has 1 fully saturated rings. The fourth-order valence-corrected chi connectivity index (χ4v) is 7.00. The average Bonchev–Trinajstić information content (AvgIpc) is 3.47. The Hall–Kier alpha value is -6.38. The molecule has 7 aliphatic rings. The van der Waals surface area contributed by atoms with E-state index in [9.17, 15) is 24.0 Å². The van der Waals surface area contributed by atoms with Crippen LogP contribution in [0.5, 0.6) is 0 Å². The Morgan fingerprint density at radius 1 is 0.776 bits per heavy atom. The fraction of sp³-hybridized carbons (Fsp3) is 0.318. The van der Waals surface area contributed by atoms with Gasteiger partial charge in [0.2, 0.25) is 29.5 Å². The summed E-state index contributed by atoms with van der Waals surface area (Å²) in [5.74, 6) is -1.65. The van der Waals surface area contributed by atoms with Gasteiger partial charge in [-0.25, -0.2) is 0 Å². The van der Waals surface area contributed by atoms with E-state index in [0.29, 0.717) is 56.0 Å². The van der Waals surface area contributed by atoms with E-state index in [1.165, 1.54) is 0 Å². The molecule has 10 rings (SSSR count). The van der Waals surface area contributed by atoms with Crippen molar-refractivity contribution in [2.45, 2.75) is 44.2 Å². The maximum absolute atomic E-state index is 14.2. The van der Waals surface area contributed by atoms with Gasteiger partial charge < -0.3 is 32.3 Å². The van der Waals surface area contributed by atoms with Crippen molar-refractivity contribution in [2.75, 3.05) is 56.4 Å². The maximum atomic E-state index is 14.2. The average molecular weight is 786 g/mol. The molecule has 3 aromatic carbocycles. The Morgan fingerprint density at radius 2 is 1.36 bits per heavy atom. The third-order valence-corrected chi connectivity index (χ3v) is 10.3. The molecule has 5 amide bonds. The lowest BCUT2D eigenvalue weighted by Crippen LogP contribution is -2.55. The normalized spacial score (nSPS) is 21.6. The molecule has 302 valence electrons. The Labute approximate surface area is 338 Å². The van der Waals surface area contributed by atoms with E-state index in [4.69, 9.17) is 11.1 Å². The molecule has 58 heavy (non-hydrogen) atoms. The van der Waals surface area contributed by atoms with E-state index in [1.54, 1.807) is 60.7 Å². The topological polar surface area (TPSA) is 202 Å². The van der Waals surface area contributed by atoms with Gasteiger partial charge >= 0.3 is 0 Å². The lowest BCUT2D eigenvalue weighted by Gasteiger charge is -2.33. The number of amidine groups is 1. The number of piperazine rings is 1. The van der Waals surface area contributed by atoms with Crippen LogP contribution in [0.2, 0.25) is 0 Å². The van der Waals surface area contributed by atoms with Crippen molar-refractivity contribution >= 4 is 46.7 Å². The number of fused-ring (bicyclic) bond motifs is 1. The zero-order chi connectivity index (χ0) is 40.9. The minimum absolute atomic E-state index is 0.0568. The molecule has 1 saturated heterocycles. The van der Waals surface area contributed by atoms with Gasteiger partial charge in [0, 0.05) is 68.9 Å². The predicted molar refractivity (Wildman–Crippen MR) is 224 cm³/mol. The van der Waals surface area contributed by atoms with Crippen molar-refractivity contribution < 1.29 is 24.0 Å². The highest BCUT2D eigenvalue weighted by atomic mass is 16.2. The summed E-state index contributed by atoms with van der Waals surface area (Å²) in [7, 11) is 0. The number of aryl methyl sites for hydroxylation is 1. The largest absolute Gasteiger partial charge is 0.384 e. The quantitative estimate of drug-likeness (QED) is 0.133.